The molecule has 1 aromatic carbocycles. The Morgan fingerprint density at radius 2 is 2.13 bits per heavy atom. The molecule has 0 amide bonds. The van der Waals surface area contributed by atoms with Crippen LogP contribution in [-0.2, 0) is 10.2 Å². The molecule has 1 fully saturated rings. The van der Waals surface area contributed by atoms with Gasteiger partial charge in [-0.25, -0.2) is 13.3 Å². The van der Waals surface area contributed by atoms with Crippen molar-refractivity contribution in [1.29, 1.82) is 0 Å². The maximum Gasteiger partial charge on any atom is 0.244 e. The zero-order valence-corrected chi connectivity index (χ0v) is 16.6. The number of ether oxygens (including phenoxy) is 2. The first-order valence-electron chi connectivity index (χ1n) is 9.73. The summed E-state index contributed by atoms with van der Waals surface area (Å²) in [5.74, 6) is 0.474. The average Bonchev–Trinajstić information content (AvgIpc) is 3.17. The predicted molar refractivity (Wildman–Crippen MR) is 109 cm³/mol. The van der Waals surface area contributed by atoms with E-state index in [9.17, 15) is 8.78 Å². The third-order valence-corrected chi connectivity index (χ3v) is 5.93. The quantitative estimate of drug-likeness (QED) is 0.688. The Hall–Kier alpha value is -3.07. The lowest BCUT2D eigenvalue weighted by atomic mass is 9.76. The van der Waals surface area contributed by atoms with Gasteiger partial charge in [0.1, 0.15) is 11.6 Å². The molecule has 156 valence electrons. The number of nitrogen functional groups attached to an aromatic ring is 1. The van der Waals surface area contributed by atoms with E-state index in [-0.39, 0.29) is 18.5 Å². The van der Waals surface area contributed by atoms with E-state index in [2.05, 4.69) is 15.1 Å². The van der Waals surface area contributed by atoms with Crippen LogP contribution in [0.5, 0.6) is 5.88 Å². The van der Waals surface area contributed by atoms with Crippen LogP contribution in [0, 0.1) is 0 Å². The van der Waals surface area contributed by atoms with Gasteiger partial charge in [0.2, 0.25) is 18.3 Å². The van der Waals surface area contributed by atoms with Crippen molar-refractivity contribution in [2.75, 3.05) is 18.9 Å². The maximum absolute atomic E-state index is 13.3. The minimum atomic E-state index is -2.42. The first-order chi connectivity index (χ1) is 14.3. The Bertz CT molecular complexity index is 1170. The molecule has 0 aliphatic carbocycles. The number of hydrogen-bond donors (Lipinski definition) is 1. The number of nitrogens with two attached hydrogens (primary N) is 1. The minimum absolute atomic E-state index is 0.0868. The number of aliphatic imine (C=N–C) groups is 1. The molecule has 0 saturated carbocycles. The van der Waals surface area contributed by atoms with Gasteiger partial charge in [0, 0.05) is 29.3 Å². The van der Waals surface area contributed by atoms with E-state index in [1.54, 1.807) is 17.6 Å². The van der Waals surface area contributed by atoms with Gasteiger partial charge in [0.25, 0.3) is 0 Å². The highest BCUT2D eigenvalue weighted by Crippen LogP contribution is 2.46. The van der Waals surface area contributed by atoms with E-state index in [0.29, 0.717) is 30.3 Å². The SMILES string of the molecule is CC1=Nc2ccc(-c3ccn4nc(N)nc(OC5COC5)c34)cc2C1(C)CC(F)F. The van der Waals surface area contributed by atoms with Crippen molar-refractivity contribution in [2.24, 2.45) is 4.99 Å². The van der Waals surface area contributed by atoms with Gasteiger partial charge in [-0.15, -0.1) is 5.10 Å². The molecule has 5 rings (SSSR count). The van der Waals surface area contributed by atoms with Crippen molar-refractivity contribution < 1.29 is 18.3 Å². The minimum Gasteiger partial charge on any atom is -0.468 e. The van der Waals surface area contributed by atoms with Gasteiger partial charge in [0.15, 0.2) is 0 Å². The molecule has 9 heteroatoms. The van der Waals surface area contributed by atoms with Crippen molar-refractivity contribution in [3.05, 3.63) is 36.0 Å². The van der Waals surface area contributed by atoms with Crippen molar-refractivity contribution in [1.82, 2.24) is 14.6 Å². The van der Waals surface area contributed by atoms with E-state index in [4.69, 9.17) is 15.2 Å². The monoisotopic (exact) mass is 413 g/mol. The summed E-state index contributed by atoms with van der Waals surface area (Å²) >= 11 is 0. The number of hydrogen-bond acceptors (Lipinski definition) is 6. The van der Waals surface area contributed by atoms with Crippen LogP contribution in [0.2, 0.25) is 0 Å². The Morgan fingerprint density at radius 1 is 1.33 bits per heavy atom. The van der Waals surface area contributed by atoms with Crippen LogP contribution in [0.4, 0.5) is 20.4 Å². The molecular formula is C21H21F2N5O2. The van der Waals surface area contributed by atoms with Crippen molar-refractivity contribution >= 4 is 22.9 Å². The fraction of sp³-hybridized carbons (Fsp3) is 0.381. The van der Waals surface area contributed by atoms with E-state index < -0.39 is 11.8 Å². The normalized spacial score (nSPS) is 21.0. The average molecular weight is 413 g/mol. The topological polar surface area (TPSA) is 87.0 Å². The zero-order chi connectivity index (χ0) is 21.0. The summed E-state index contributed by atoms with van der Waals surface area (Å²) in [5.41, 5.74) is 9.60. The standard InChI is InChI=1S/C21H21F2N5O2/c1-11-21(2,8-17(22)23)15-7-12(3-4-16(15)25-11)14-5-6-28-18(14)19(26-20(24)27-28)30-13-9-29-10-13/h3-7,13,17H,8-10H2,1-2H3,(H2,24,27). The Labute approximate surface area is 171 Å². The number of anilines is 1. The first-order valence-corrected chi connectivity index (χ1v) is 9.73. The van der Waals surface area contributed by atoms with Crippen LogP contribution in [0.15, 0.2) is 35.5 Å². The van der Waals surface area contributed by atoms with Gasteiger partial charge < -0.3 is 15.2 Å². The van der Waals surface area contributed by atoms with Crippen LogP contribution < -0.4 is 10.5 Å². The molecular weight excluding hydrogens is 392 g/mol. The summed E-state index contributed by atoms with van der Waals surface area (Å²) < 4.78 is 39.4. The fourth-order valence-electron chi connectivity index (χ4n) is 4.07. The Kier molecular flexibility index (Phi) is 4.25. The highest BCUT2D eigenvalue weighted by Gasteiger charge is 2.39. The molecule has 0 spiro atoms. The number of alkyl halides is 2. The molecule has 0 bridgehead atoms. The summed E-state index contributed by atoms with van der Waals surface area (Å²) in [7, 11) is 0. The second kappa shape index (κ2) is 6.73. The highest BCUT2D eigenvalue weighted by molar-refractivity contribution is 6.01. The lowest BCUT2D eigenvalue weighted by Gasteiger charge is -2.27. The number of nitrogens with zero attached hydrogens (tertiary/aromatic N) is 4. The van der Waals surface area contributed by atoms with E-state index in [0.717, 1.165) is 22.4 Å². The van der Waals surface area contributed by atoms with Crippen LogP contribution in [-0.4, -0.2) is 46.1 Å². The molecule has 2 aliphatic heterocycles. The molecule has 0 radical (unpaired) electrons. The summed E-state index contributed by atoms with van der Waals surface area (Å²) in [4.78, 5) is 8.81. The second-order valence-corrected chi connectivity index (χ2v) is 7.93. The van der Waals surface area contributed by atoms with E-state index in [1.807, 2.05) is 31.2 Å². The third kappa shape index (κ3) is 2.92. The molecule has 2 N–H and O–H groups in total. The lowest BCUT2D eigenvalue weighted by Crippen LogP contribution is -2.39. The second-order valence-electron chi connectivity index (χ2n) is 7.93. The predicted octanol–water partition coefficient (Wildman–Crippen LogP) is 3.78. The number of benzene rings is 1. The van der Waals surface area contributed by atoms with Crippen molar-refractivity contribution in [2.45, 2.75) is 38.2 Å². The largest absolute Gasteiger partial charge is 0.468 e. The van der Waals surface area contributed by atoms with Crippen LogP contribution in [0.25, 0.3) is 16.6 Å². The zero-order valence-electron chi connectivity index (χ0n) is 16.6. The van der Waals surface area contributed by atoms with Gasteiger partial charge in [-0.1, -0.05) is 6.07 Å². The first kappa shape index (κ1) is 18.9. The molecule has 1 atom stereocenters. The van der Waals surface area contributed by atoms with Crippen LogP contribution in [0.3, 0.4) is 0 Å². The molecule has 2 aromatic heterocycles. The maximum atomic E-state index is 13.3. The van der Waals surface area contributed by atoms with Crippen molar-refractivity contribution in [3.8, 4) is 17.0 Å². The van der Waals surface area contributed by atoms with Gasteiger partial charge in [-0.3, -0.25) is 4.99 Å². The molecule has 3 aromatic rings. The highest BCUT2D eigenvalue weighted by atomic mass is 19.3. The van der Waals surface area contributed by atoms with E-state index >= 15 is 0 Å². The lowest BCUT2D eigenvalue weighted by molar-refractivity contribution is -0.0808. The number of aromatic nitrogens is 3. The summed E-state index contributed by atoms with van der Waals surface area (Å²) in [6, 6.07) is 7.61. The van der Waals surface area contributed by atoms with Crippen molar-refractivity contribution in [3.63, 3.8) is 0 Å². The smallest absolute Gasteiger partial charge is 0.244 e. The molecule has 30 heavy (non-hydrogen) atoms. The summed E-state index contributed by atoms with van der Waals surface area (Å²) in [6.45, 7) is 4.61. The molecule has 1 saturated heterocycles. The Morgan fingerprint density at radius 3 is 2.83 bits per heavy atom. The summed E-state index contributed by atoms with van der Waals surface area (Å²) in [6.07, 6.45) is -1.01. The van der Waals surface area contributed by atoms with Gasteiger partial charge in [-0.05, 0) is 43.2 Å². The van der Waals surface area contributed by atoms with Gasteiger partial charge >= 0.3 is 0 Å². The summed E-state index contributed by atoms with van der Waals surface area (Å²) in [5, 5.41) is 4.24. The van der Waals surface area contributed by atoms with Crippen LogP contribution in [0.1, 0.15) is 25.8 Å². The molecule has 4 heterocycles. The van der Waals surface area contributed by atoms with Gasteiger partial charge in [-0.2, -0.15) is 4.98 Å². The fourth-order valence-corrected chi connectivity index (χ4v) is 4.07. The van der Waals surface area contributed by atoms with E-state index in [1.165, 1.54) is 0 Å². The van der Waals surface area contributed by atoms with Gasteiger partial charge in [0.05, 0.1) is 18.9 Å². The number of rotatable bonds is 5. The molecule has 1 unspecified atom stereocenters. The molecule has 2 aliphatic rings. The number of halogens is 2. The molecule has 7 nitrogen and oxygen atoms in total. The Balaban J connectivity index is 1.62. The number of fused-ring (bicyclic) bond motifs is 2. The third-order valence-electron chi connectivity index (χ3n) is 5.93. The van der Waals surface area contributed by atoms with Crippen LogP contribution >= 0.6 is 0 Å².